The number of hydrogen-bond donors (Lipinski definition) is 0. The standard InChI is InChI=1S/C12H13ClN2O2/c1-3-14-9-6-5-8(13)7-10(9)15(4-2)12(17)11(14)16/h5-7H,3-4H2,1-2H3. The van der Waals surface area contributed by atoms with E-state index in [1.807, 2.05) is 13.8 Å². The lowest BCUT2D eigenvalue weighted by molar-refractivity contribution is 0.682. The average Bonchev–Trinajstić information content (AvgIpc) is 2.32. The third-order valence-corrected chi connectivity index (χ3v) is 3.06. The molecule has 0 saturated heterocycles. The lowest BCUT2D eigenvalue weighted by Gasteiger charge is -2.12. The van der Waals surface area contributed by atoms with Gasteiger partial charge in [0.2, 0.25) is 0 Å². The third-order valence-electron chi connectivity index (χ3n) is 2.82. The van der Waals surface area contributed by atoms with Gasteiger partial charge in [0.1, 0.15) is 0 Å². The van der Waals surface area contributed by atoms with E-state index in [-0.39, 0.29) is 0 Å². The molecule has 0 amide bonds. The summed E-state index contributed by atoms with van der Waals surface area (Å²) in [5.41, 5.74) is 0.461. The highest BCUT2D eigenvalue weighted by Gasteiger charge is 2.11. The summed E-state index contributed by atoms with van der Waals surface area (Å²) in [7, 11) is 0. The number of aromatic nitrogens is 2. The topological polar surface area (TPSA) is 44.0 Å². The molecular weight excluding hydrogens is 240 g/mol. The highest BCUT2D eigenvalue weighted by molar-refractivity contribution is 6.31. The molecule has 0 spiro atoms. The van der Waals surface area contributed by atoms with Gasteiger partial charge in [-0.2, -0.15) is 0 Å². The Balaban J connectivity index is 3.08. The molecule has 90 valence electrons. The quantitative estimate of drug-likeness (QED) is 0.766. The van der Waals surface area contributed by atoms with E-state index in [0.717, 1.165) is 5.52 Å². The average molecular weight is 253 g/mol. The molecule has 0 saturated carbocycles. The van der Waals surface area contributed by atoms with Gasteiger partial charge in [0.25, 0.3) is 0 Å². The maximum Gasteiger partial charge on any atom is 0.316 e. The number of rotatable bonds is 2. The van der Waals surface area contributed by atoms with Crippen molar-refractivity contribution in [3.63, 3.8) is 0 Å². The van der Waals surface area contributed by atoms with Crippen molar-refractivity contribution < 1.29 is 0 Å². The second-order valence-corrected chi connectivity index (χ2v) is 4.17. The predicted octanol–water partition coefficient (Wildman–Crippen LogP) is 1.86. The normalized spacial score (nSPS) is 11.0. The Bertz CT molecular complexity index is 685. The van der Waals surface area contributed by atoms with Crippen LogP contribution in [0.5, 0.6) is 0 Å². The molecular formula is C12H13ClN2O2. The van der Waals surface area contributed by atoms with Crippen LogP contribution in [0.15, 0.2) is 27.8 Å². The molecule has 0 bridgehead atoms. The van der Waals surface area contributed by atoms with Crippen LogP contribution in [0.25, 0.3) is 11.0 Å². The molecule has 1 heterocycles. The number of fused-ring (bicyclic) bond motifs is 1. The van der Waals surface area contributed by atoms with Gasteiger partial charge in [-0.25, -0.2) is 0 Å². The van der Waals surface area contributed by atoms with E-state index >= 15 is 0 Å². The molecule has 0 aliphatic heterocycles. The van der Waals surface area contributed by atoms with E-state index in [1.165, 1.54) is 9.13 Å². The maximum atomic E-state index is 11.9. The first-order valence-corrected chi connectivity index (χ1v) is 5.90. The van der Waals surface area contributed by atoms with Crippen molar-refractivity contribution in [1.29, 1.82) is 0 Å². The molecule has 4 nitrogen and oxygen atoms in total. The molecule has 2 aromatic rings. The van der Waals surface area contributed by atoms with Gasteiger partial charge in [0, 0.05) is 18.1 Å². The van der Waals surface area contributed by atoms with Crippen molar-refractivity contribution >= 4 is 22.6 Å². The van der Waals surface area contributed by atoms with E-state index < -0.39 is 11.1 Å². The number of aryl methyl sites for hydroxylation is 2. The fourth-order valence-corrected chi connectivity index (χ4v) is 2.18. The summed E-state index contributed by atoms with van der Waals surface area (Å²) in [6, 6.07) is 5.21. The number of halogens is 1. The fraction of sp³-hybridized carbons (Fsp3) is 0.333. The Morgan fingerprint density at radius 2 is 1.53 bits per heavy atom. The van der Waals surface area contributed by atoms with Crippen molar-refractivity contribution in [2.45, 2.75) is 26.9 Å². The highest BCUT2D eigenvalue weighted by Crippen LogP contribution is 2.17. The molecule has 0 unspecified atom stereocenters. The molecule has 2 rings (SSSR count). The summed E-state index contributed by atoms with van der Waals surface area (Å²) < 4.78 is 2.93. The first-order chi connectivity index (χ1) is 8.10. The SMILES string of the molecule is CCn1c(=O)c(=O)n(CC)c2cc(Cl)ccc21. The van der Waals surface area contributed by atoms with Gasteiger partial charge in [-0.15, -0.1) is 0 Å². The zero-order valence-electron chi connectivity index (χ0n) is 9.74. The predicted molar refractivity (Wildman–Crippen MR) is 68.8 cm³/mol. The van der Waals surface area contributed by atoms with E-state index in [2.05, 4.69) is 0 Å². The minimum atomic E-state index is -0.496. The molecule has 5 heteroatoms. The second-order valence-electron chi connectivity index (χ2n) is 3.73. The zero-order valence-corrected chi connectivity index (χ0v) is 10.5. The Hall–Kier alpha value is -1.55. The number of benzene rings is 1. The van der Waals surface area contributed by atoms with Crippen molar-refractivity contribution in [2.24, 2.45) is 0 Å². The minimum Gasteiger partial charge on any atom is -0.302 e. The third kappa shape index (κ3) is 1.78. The molecule has 17 heavy (non-hydrogen) atoms. The summed E-state index contributed by atoms with van der Waals surface area (Å²) >= 11 is 5.93. The molecule has 0 N–H and O–H groups in total. The van der Waals surface area contributed by atoms with Gasteiger partial charge >= 0.3 is 11.1 Å². The van der Waals surface area contributed by atoms with Gasteiger partial charge < -0.3 is 9.13 Å². The summed E-state index contributed by atoms with van der Waals surface area (Å²) in [6.07, 6.45) is 0. The molecule has 0 fully saturated rings. The maximum absolute atomic E-state index is 11.9. The summed E-state index contributed by atoms with van der Waals surface area (Å²) in [4.78, 5) is 23.8. The van der Waals surface area contributed by atoms with Crippen LogP contribution in [-0.4, -0.2) is 9.13 Å². The van der Waals surface area contributed by atoms with E-state index in [0.29, 0.717) is 23.6 Å². The van der Waals surface area contributed by atoms with Crippen LogP contribution in [0, 0.1) is 0 Å². The van der Waals surface area contributed by atoms with Crippen LogP contribution in [0.3, 0.4) is 0 Å². The smallest absolute Gasteiger partial charge is 0.302 e. The van der Waals surface area contributed by atoms with Gasteiger partial charge in [0.05, 0.1) is 11.0 Å². The molecule has 1 aromatic carbocycles. The molecule has 0 radical (unpaired) electrons. The lowest BCUT2D eigenvalue weighted by atomic mass is 10.2. The van der Waals surface area contributed by atoms with Crippen LogP contribution >= 0.6 is 11.6 Å². The van der Waals surface area contributed by atoms with E-state index in [4.69, 9.17) is 11.6 Å². The monoisotopic (exact) mass is 252 g/mol. The Labute approximate surface area is 103 Å². The Morgan fingerprint density at radius 3 is 2.06 bits per heavy atom. The number of hydrogen-bond acceptors (Lipinski definition) is 2. The van der Waals surface area contributed by atoms with Crippen molar-refractivity contribution in [3.8, 4) is 0 Å². The van der Waals surface area contributed by atoms with Crippen molar-refractivity contribution in [1.82, 2.24) is 9.13 Å². The first-order valence-electron chi connectivity index (χ1n) is 5.53. The van der Waals surface area contributed by atoms with Crippen LogP contribution in [0.1, 0.15) is 13.8 Å². The van der Waals surface area contributed by atoms with Gasteiger partial charge in [-0.1, -0.05) is 11.6 Å². The van der Waals surface area contributed by atoms with Gasteiger partial charge in [-0.05, 0) is 32.0 Å². The summed E-state index contributed by atoms with van der Waals surface area (Å²) in [5, 5.41) is 0.556. The van der Waals surface area contributed by atoms with Crippen molar-refractivity contribution in [2.75, 3.05) is 0 Å². The highest BCUT2D eigenvalue weighted by atomic mass is 35.5. The first kappa shape index (κ1) is 11.9. The zero-order chi connectivity index (χ0) is 12.6. The van der Waals surface area contributed by atoms with Crippen LogP contribution in [-0.2, 0) is 13.1 Å². The van der Waals surface area contributed by atoms with Crippen LogP contribution < -0.4 is 11.1 Å². The minimum absolute atomic E-state index is 0.454. The molecule has 1 aromatic heterocycles. The number of nitrogens with zero attached hydrogens (tertiary/aromatic N) is 2. The Morgan fingerprint density at radius 1 is 1.00 bits per heavy atom. The summed E-state index contributed by atoms with van der Waals surface area (Å²) in [6.45, 7) is 4.59. The van der Waals surface area contributed by atoms with Crippen LogP contribution in [0.4, 0.5) is 0 Å². The summed E-state index contributed by atoms with van der Waals surface area (Å²) in [5.74, 6) is 0. The molecule has 0 aliphatic carbocycles. The second kappa shape index (κ2) is 4.37. The van der Waals surface area contributed by atoms with E-state index in [1.54, 1.807) is 18.2 Å². The molecule has 0 atom stereocenters. The van der Waals surface area contributed by atoms with Crippen molar-refractivity contribution in [3.05, 3.63) is 43.9 Å². The van der Waals surface area contributed by atoms with Gasteiger partial charge in [0.15, 0.2) is 0 Å². The lowest BCUT2D eigenvalue weighted by Crippen LogP contribution is -2.41. The fourth-order valence-electron chi connectivity index (χ4n) is 2.02. The Kier molecular flexibility index (Phi) is 3.07. The van der Waals surface area contributed by atoms with Crippen LogP contribution in [0.2, 0.25) is 5.02 Å². The van der Waals surface area contributed by atoms with E-state index in [9.17, 15) is 9.59 Å². The van der Waals surface area contributed by atoms with Gasteiger partial charge in [-0.3, -0.25) is 9.59 Å². The largest absolute Gasteiger partial charge is 0.316 e. The molecule has 0 aliphatic rings.